The van der Waals surface area contributed by atoms with Crippen molar-refractivity contribution in [1.29, 1.82) is 0 Å². The molecule has 0 bridgehead atoms. The standard InChI is InChI=1S/C14H15FN2/c1-9-5-10(2)12(13(15)6-9)7-11-8-17-4-3-14(11)16/h3-6,8H,7H2,1-2H3,(H2,16,17). The minimum atomic E-state index is -0.175. The number of benzene rings is 1. The monoisotopic (exact) mass is 230 g/mol. The largest absolute Gasteiger partial charge is 0.398 e. The summed E-state index contributed by atoms with van der Waals surface area (Å²) in [5, 5.41) is 0. The number of pyridine rings is 1. The fourth-order valence-corrected chi connectivity index (χ4v) is 1.95. The molecule has 0 saturated heterocycles. The number of anilines is 1. The lowest BCUT2D eigenvalue weighted by atomic mass is 9.98. The smallest absolute Gasteiger partial charge is 0.127 e. The van der Waals surface area contributed by atoms with Gasteiger partial charge in [0.05, 0.1) is 0 Å². The normalized spacial score (nSPS) is 10.5. The number of rotatable bonds is 2. The van der Waals surface area contributed by atoms with Gasteiger partial charge in [0, 0.05) is 24.5 Å². The fourth-order valence-electron chi connectivity index (χ4n) is 1.95. The van der Waals surface area contributed by atoms with E-state index in [1.54, 1.807) is 24.5 Å². The number of nitrogen functional groups attached to an aromatic ring is 1. The molecule has 0 amide bonds. The Kier molecular flexibility index (Phi) is 3.09. The van der Waals surface area contributed by atoms with Crippen LogP contribution in [-0.2, 0) is 6.42 Å². The van der Waals surface area contributed by atoms with Crippen LogP contribution in [0.3, 0.4) is 0 Å². The summed E-state index contributed by atoms with van der Waals surface area (Å²) in [6, 6.07) is 5.26. The molecule has 17 heavy (non-hydrogen) atoms. The second-order valence-corrected chi connectivity index (χ2v) is 4.29. The highest BCUT2D eigenvalue weighted by molar-refractivity contribution is 5.48. The van der Waals surface area contributed by atoms with Crippen molar-refractivity contribution in [2.75, 3.05) is 5.73 Å². The summed E-state index contributed by atoms with van der Waals surface area (Å²) in [6.45, 7) is 3.80. The topological polar surface area (TPSA) is 38.9 Å². The third kappa shape index (κ3) is 2.44. The quantitative estimate of drug-likeness (QED) is 0.861. The lowest BCUT2D eigenvalue weighted by molar-refractivity contribution is 0.611. The highest BCUT2D eigenvalue weighted by atomic mass is 19.1. The van der Waals surface area contributed by atoms with Gasteiger partial charge in [-0.25, -0.2) is 4.39 Å². The summed E-state index contributed by atoms with van der Waals surface area (Å²) in [4.78, 5) is 4.02. The van der Waals surface area contributed by atoms with E-state index in [1.807, 2.05) is 19.9 Å². The van der Waals surface area contributed by atoms with Gasteiger partial charge in [-0.15, -0.1) is 0 Å². The molecule has 0 aliphatic carbocycles. The first-order valence-electron chi connectivity index (χ1n) is 5.52. The van der Waals surface area contributed by atoms with Crippen molar-refractivity contribution >= 4 is 5.69 Å². The van der Waals surface area contributed by atoms with Crippen LogP contribution in [0.25, 0.3) is 0 Å². The molecule has 1 heterocycles. The van der Waals surface area contributed by atoms with Gasteiger partial charge >= 0.3 is 0 Å². The number of hydrogen-bond donors (Lipinski definition) is 1. The molecule has 2 N–H and O–H groups in total. The average molecular weight is 230 g/mol. The van der Waals surface area contributed by atoms with Crippen LogP contribution in [0.1, 0.15) is 22.3 Å². The summed E-state index contributed by atoms with van der Waals surface area (Å²) in [5.74, 6) is -0.175. The van der Waals surface area contributed by atoms with E-state index < -0.39 is 0 Å². The molecule has 1 aromatic heterocycles. The van der Waals surface area contributed by atoms with Gasteiger partial charge in [0.25, 0.3) is 0 Å². The first-order valence-corrected chi connectivity index (χ1v) is 5.52. The highest BCUT2D eigenvalue weighted by Gasteiger charge is 2.09. The highest BCUT2D eigenvalue weighted by Crippen LogP contribution is 2.21. The van der Waals surface area contributed by atoms with Gasteiger partial charge < -0.3 is 5.73 Å². The zero-order chi connectivity index (χ0) is 12.4. The predicted octanol–water partition coefficient (Wildman–Crippen LogP) is 3.01. The molecule has 0 unspecified atom stereocenters. The minimum absolute atomic E-state index is 0.175. The minimum Gasteiger partial charge on any atom is -0.398 e. The molecule has 2 rings (SSSR count). The molecule has 2 nitrogen and oxygen atoms in total. The molecular weight excluding hydrogens is 215 g/mol. The van der Waals surface area contributed by atoms with Gasteiger partial charge in [-0.05, 0) is 48.2 Å². The molecule has 3 heteroatoms. The SMILES string of the molecule is Cc1cc(C)c(Cc2cnccc2N)c(F)c1. The summed E-state index contributed by atoms with van der Waals surface area (Å²) in [6.07, 6.45) is 3.81. The van der Waals surface area contributed by atoms with E-state index in [9.17, 15) is 4.39 Å². The van der Waals surface area contributed by atoms with Crippen LogP contribution in [0, 0.1) is 19.7 Å². The van der Waals surface area contributed by atoms with E-state index in [2.05, 4.69) is 4.98 Å². The van der Waals surface area contributed by atoms with Gasteiger partial charge in [-0.1, -0.05) is 6.07 Å². The Morgan fingerprint density at radius 1 is 1.29 bits per heavy atom. The molecule has 88 valence electrons. The van der Waals surface area contributed by atoms with E-state index in [-0.39, 0.29) is 5.82 Å². The first-order chi connectivity index (χ1) is 8.08. The van der Waals surface area contributed by atoms with Gasteiger partial charge in [0.1, 0.15) is 5.82 Å². The van der Waals surface area contributed by atoms with E-state index in [0.29, 0.717) is 17.7 Å². The molecule has 0 saturated carbocycles. The summed E-state index contributed by atoms with van der Waals surface area (Å²) in [5.41, 5.74) is 9.92. The Bertz CT molecular complexity index is 527. The molecule has 0 aliphatic rings. The second kappa shape index (κ2) is 4.53. The van der Waals surface area contributed by atoms with Crippen LogP contribution < -0.4 is 5.73 Å². The van der Waals surface area contributed by atoms with Crippen LogP contribution in [-0.4, -0.2) is 4.98 Å². The molecule has 0 atom stereocenters. The molecule has 1 aromatic carbocycles. The Hall–Kier alpha value is -1.90. The Labute approximate surface area is 100 Å². The fraction of sp³-hybridized carbons (Fsp3) is 0.214. The molecule has 0 fully saturated rings. The van der Waals surface area contributed by atoms with Crippen LogP contribution in [0.15, 0.2) is 30.6 Å². The van der Waals surface area contributed by atoms with E-state index in [1.165, 1.54) is 0 Å². The lowest BCUT2D eigenvalue weighted by Crippen LogP contribution is -2.01. The molecular formula is C14H15FN2. The van der Waals surface area contributed by atoms with Crippen LogP contribution in [0.4, 0.5) is 10.1 Å². The van der Waals surface area contributed by atoms with Crippen LogP contribution >= 0.6 is 0 Å². The summed E-state index contributed by atoms with van der Waals surface area (Å²) >= 11 is 0. The van der Waals surface area contributed by atoms with Gasteiger partial charge in [0.2, 0.25) is 0 Å². The number of aromatic nitrogens is 1. The third-order valence-corrected chi connectivity index (χ3v) is 2.87. The maximum atomic E-state index is 13.9. The summed E-state index contributed by atoms with van der Waals surface area (Å²) < 4.78 is 13.9. The van der Waals surface area contributed by atoms with Crippen molar-refractivity contribution in [2.24, 2.45) is 0 Å². The van der Waals surface area contributed by atoms with Crippen LogP contribution in [0.5, 0.6) is 0 Å². The average Bonchev–Trinajstić information content (AvgIpc) is 2.25. The van der Waals surface area contributed by atoms with E-state index in [4.69, 9.17) is 5.73 Å². The maximum absolute atomic E-state index is 13.9. The number of hydrogen-bond acceptors (Lipinski definition) is 2. The van der Waals surface area contributed by atoms with E-state index >= 15 is 0 Å². The number of aryl methyl sites for hydroxylation is 2. The number of nitrogens with zero attached hydrogens (tertiary/aromatic N) is 1. The maximum Gasteiger partial charge on any atom is 0.127 e. The van der Waals surface area contributed by atoms with Crippen LogP contribution in [0.2, 0.25) is 0 Å². The Morgan fingerprint density at radius 3 is 2.71 bits per heavy atom. The molecule has 0 aliphatic heterocycles. The van der Waals surface area contributed by atoms with Crippen molar-refractivity contribution in [2.45, 2.75) is 20.3 Å². The zero-order valence-corrected chi connectivity index (χ0v) is 10.00. The second-order valence-electron chi connectivity index (χ2n) is 4.29. The van der Waals surface area contributed by atoms with Gasteiger partial charge in [0.15, 0.2) is 0 Å². The van der Waals surface area contributed by atoms with Crippen molar-refractivity contribution in [3.05, 3.63) is 58.7 Å². The zero-order valence-electron chi connectivity index (χ0n) is 10.00. The molecule has 0 radical (unpaired) electrons. The number of nitrogens with two attached hydrogens (primary N) is 1. The molecule has 0 spiro atoms. The predicted molar refractivity (Wildman–Crippen MR) is 67.3 cm³/mol. The number of halogens is 1. The first kappa shape index (κ1) is 11.6. The van der Waals surface area contributed by atoms with Crippen molar-refractivity contribution < 1.29 is 4.39 Å². The van der Waals surface area contributed by atoms with Crippen molar-refractivity contribution in [3.8, 4) is 0 Å². The third-order valence-electron chi connectivity index (χ3n) is 2.87. The molecule has 2 aromatic rings. The Morgan fingerprint density at radius 2 is 2.06 bits per heavy atom. The van der Waals surface area contributed by atoms with Gasteiger partial charge in [-0.2, -0.15) is 0 Å². The lowest BCUT2D eigenvalue weighted by Gasteiger charge is -2.10. The van der Waals surface area contributed by atoms with E-state index in [0.717, 1.165) is 16.7 Å². The van der Waals surface area contributed by atoms with Crippen molar-refractivity contribution in [3.63, 3.8) is 0 Å². The van der Waals surface area contributed by atoms with Gasteiger partial charge in [-0.3, -0.25) is 4.98 Å². The van der Waals surface area contributed by atoms with Crippen molar-refractivity contribution in [1.82, 2.24) is 4.98 Å². The Balaban J connectivity index is 2.40. The summed E-state index contributed by atoms with van der Waals surface area (Å²) in [7, 11) is 0.